The Morgan fingerprint density at radius 3 is 2.66 bits per heavy atom. The van der Waals surface area contributed by atoms with Crippen molar-refractivity contribution in [2.45, 2.75) is 39.2 Å². The molecule has 0 unspecified atom stereocenters. The molecule has 1 fully saturated rings. The maximum absolute atomic E-state index is 13.2. The highest BCUT2D eigenvalue weighted by Crippen LogP contribution is 2.18. The van der Waals surface area contributed by atoms with E-state index in [1.165, 1.54) is 30.9 Å². The van der Waals surface area contributed by atoms with Gasteiger partial charge in [0.2, 0.25) is 0 Å². The molecule has 0 saturated carbocycles. The van der Waals surface area contributed by atoms with Gasteiger partial charge in [-0.05, 0) is 73.6 Å². The minimum atomic E-state index is -0.187. The fourth-order valence-corrected chi connectivity index (χ4v) is 3.53. The zero-order valence-electron chi connectivity index (χ0n) is 17.2. The second-order valence-corrected chi connectivity index (χ2v) is 7.24. The number of aliphatic imine (C=N–C) groups is 1. The summed E-state index contributed by atoms with van der Waals surface area (Å²) in [5.74, 6) is 1.64. The van der Waals surface area contributed by atoms with E-state index in [9.17, 15) is 4.39 Å². The molecule has 0 spiro atoms. The summed E-state index contributed by atoms with van der Waals surface area (Å²) in [4.78, 5) is 11.2. The van der Waals surface area contributed by atoms with Gasteiger partial charge in [-0.3, -0.25) is 4.99 Å². The molecule has 1 saturated heterocycles. The molecule has 1 aromatic heterocycles. The molecule has 3 rings (SSSR count). The van der Waals surface area contributed by atoms with Gasteiger partial charge in [-0.25, -0.2) is 9.37 Å². The number of aryl methyl sites for hydroxylation is 1. The Hall–Kier alpha value is -1.90. The van der Waals surface area contributed by atoms with Crippen LogP contribution in [-0.4, -0.2) is 37.6 Å². The van der Waals surface area contributed by atoms with Gasteiger partial charge in [-0.1, -0.05) is 6.07 Å². The van der Waals surface area contributed by atoms with Gasteiger partial charge in [0.25, 0.3) is 0 Å². The summed E-state index contributed by atoms with van der Waals surface area (Å²) in [6, 6.07) is 9.13. The van der Waals surface area contributed by atoms with E-state index in [4.69, 9.17) is 0 Å². The average Bonchev–Trinajstić information content (AvgIpc) is 2.73. The van der Waals surface area contributed by atoms with Gasteiger partial charge < -0.3 is 15.5 Å². The van der Waals surface area contributed by atoms with Crippen LogP contribution < -0.4 is 15.5 Å². The number of piperidine rings is 1. The number of halogens is 2. The Labute approximate surface area is 190 Å². The van der Waals surface area contributed by atoms with Crippen LogP contribution in [0.2, 0.25) is 0 Å². The lowest BCUT2D eigenvalue weighted by Gasteiger charge is -2.28. The Balaban J connectivity index is 0.00000300. The minimum Gasteiger partial charge on any atom is -0.357 e. The largest absolute Gasteiger partial charge is 0.357 e. The maximum atomic E-state index is 13.2. The van der Waals surface area contributed by atoms with Gasteiger partial charge in [-0.15, -0.1) is 24.0 Å². The summed E-state index contributed by atoms with van der Waals surface area (Å²) in [5.41, 5.74) is 3.31. The van der Waals surface area contributed by atoms with Crippen molar-refractivity contribution in [3.63, 3.8) is 0 Å². The number of benzene rings is 1. The predicted molar refractivity (Wildman–Crippen MR) is 129 cm³/mol. The minimum absolute atomic E-state index is 0. The van der Waals surface area contributed by atoms with Crippen molar-refractivity contribution < 1.29 is 4.39 Å². The lowest BCUT2D eigenvalue weighted by Crippen LogP contribution is -2.38. The third-order valence-corrected chi connectivity index (χ3v) is 5.16. The molecule has 0 atom stereocenters. The standard InChI is InChI=1S/C22H30FN5.HI/c1-17-14-20(23)7-6-19(17)9-11-26-22(24-2)27-16-18-8-10-25-21(15-18)28-12-4-3-5-13-28;/h6-8,10,14-15H,3-5,9,11-13,16H2,1-2H3,(H2,24,26,27);1H. The lowest BCUT2D eigenvalue weighted by atomic mass is 10.1. The molecule has 29 heavy (non-hydrogen) atoms. The number of rotatable bonds is 6. The zero-order chi connectivity index (χ0) is 19.8. The summed E-state index contributed by atoms with van der Waals surface area (Å²) < 4.78 is 13.2. The second-order valence-electron chi connectivity index (χ2n) is 7.24. The number of anilines is 1. The van der Waals surface area contributed by atoms with Crippen molar-refractivity contribution in [3.8, 4) is 0 Å². The van der Waals surface area contributed by atoms with E-state index >= 15 is 0 Å². The Morgan fingerprint density at radius 1 is 1.14 bits per heavy atom. The van der Waals surface area contributed by atoms with Crippen molar-refractivity contribution in [3.05, 3.63) is 59.0 Å². The second kappa shape index (κ2) is 11.9. The van der Waals surface area contributed by atoms with E-state index in [-0.39, 0.29) is 29.8 Å². The van der Waals surface area contributed by atoms with Crippen molar-refractivity contribution in [1.82, 2.24) is 15.6 Å². The molecule has 0 amide bonds. The van der Waals surface area contributed by atoms with Crippen LogP contribution in [0.25, 0.3) is 0 Å². The van der Waals surface area contributed by atoms with E-state index in [0.29, 0.717) is 6.54 Å². The van der Waals surface area contributed by atoms with Gasteiger partial charge in [0.15, 0.2) is 5.96 Å². The van der Waals surface area contributed by atoms with Crippen LogP contribution in [-0.2, 0) is 13.0 Å². The molecule has 158 valence electrons. The SMILES string of the molecule is CN=C(NCCc1ccc(F)cc1C)NCc1ccnc(N2CCCCC2)c1.I. The molecular formula is C22H31FIN5. The third kappa shape index (κ3) is 7.13. The topological polar surface area (TPSA) is 52.6 Å². The first kappa shape index (κ1) is 23.4. The van der Waals surface area contributed by atoms with Crippen LogP contribution in [0.4, 0.5) is 10.2 Å². The number of aromatic nitrogens is 1. The van der Waals surface area contributed by atoms with Gasteiger partial charge >= 0.3 is 0 Å². The first-order valence-electron chi connectivity index (χ1n) is 10.0. The molecule has 1 aromatic carbocycles. The van der Waals surface area contributed by atoms with Crippen molar-refractivity contribution in [1.29, 1.82) is 0 Å². The summed E-state index contributed by atoms with van der Waals surface area (Å²) in [6.07, 6.45) is 6.51. The molecule has 5 nitrogen and oxygen atoms in total. The Bertz CT molecular complexity index is 806. The summed E-state index contributed by atoms with van der Waals surface area (Å²) in [7, 11) is 1.77. The first-order valence-corrected chi connectivity index (χ1v) is 10.0. The number of guanidine groups is 1. The molecule has 0 radical (unpaired) electrons. The number of hydrogen-bond acceptors (Lipinski definition) is 3. The monoisotopic (exact) mass is 511 g/mol. The summed E-state index contributed by atoms with van der Waals surface area (Å²) >= 11 is 0. The van der Waals surface area contributed by atoms with Gasteiger partial charge in [0.1, 0.15) is 11.6 Å². The number of hydrogen-bond donors (Lipinski definition) is 2. The normalized spacial score (nSPS) is 14.3. The summed E-state index contributed by atoms with van der Waals surface area (Å²) in [5, 5.41) is 6.69. The molecule has 0 bridgehead atoms. The van der Waals surface area contributed by atoms with Crippen molar-refractivity contribution >= 4 is 35.8 Å². The molecule has 1 aliphatic heterocycles. The molecule has 2 N–H and O–H groups in total. The number of nitrogens with zero attached hydrogens (tertiary/aromatic N) is 3. The highest BCUT2D eigenvalue weighted by molar-refractivity contribution is 14.0. The average molecular weight is 511 g/mol. The molecule has 0 aliphatic carbocycles. The number of nitrogens with one attached hydrogen (secondary N) is 2. The fraction of sp³-hybridized carbons (Fsp3) is 0.455. The van der Waals surface area contributed by atoms with Crippen LogP contribution in [0.3, 0.4) is 0 Å². The van der Waals surface area contributed by atoms with E-state index < -0.39 is 0 Å². The van der Waals surface area contributed by atoms with Crippen LogP contribution in [0.1, 0.15) is 36.0 Å². The Morgan fingerprint density at radius 2 is 1.93 bits per heavy atom. The quantitative estimate of drug-likeness (QED) is 0.349. The van der Waals surface area contributed by atoms with Crippen LogP contribution in [0.15, 0.2) is 41.5 Å². The van der Waals surface area contributed by atoms with Crippen LogP contribution >= 0.6 is 24.0 Å². The smallest absolute Gasteiger partial charge is 0.191 e. The van der Waals surface area contributed by atoms with Crippen LogP contribution in [0.5, 0.6) is 0 Å². The van der Waals surface area contributed by atoms with Gasteiger partial charge in [-0.2, -0.15) is 0 Å². The lowest BCUT2D eigenvalue weighted by molar-refractivity contribution is 0.573. The van der Waals surface area contributed by atoms with Gasteiger partial charge in [0.05, 0.1) is 0 Å². The van der Waals surface area contributed by atoms with E-state index in [1.54, 1.807) is 13.1 Å². The van der Waals surface area contributed by atoms with Crippen LogP contribution in [0, 0.1) is 12.7 Å². The van der Waals surface area contributed by atoms with E-state index in [1.807, 2.05) is 25.3 Å². The highest BCUT2D eigenvalue weighted by atomic mass is 127. The summed E-state index contributed by atoms with van der Waals surface area (Å²) in [6.45, 7) is 5.56. The molecule has 1 aliphatic rings. The van der Waals surface area contributed by atoms with Crippen molar-refractivity contribution in [2.24, 2.45) is 4.99 Å². The third-order valence-electron chi connectivity index (χ3n) is 5.16. The number of pyridine rings is 1. The van der Waals surface area contributed by atoms with E-state index in [2.05, 4.69) is 31.6 Å². The highest BCUT2D eigenvalue weighted by Gasteiger charge is 2.12. The molecular weight excluding hydrogens is 480 g/mol. The van der Waals surface area contributed by atoms with Crippen molar-refractivity contribution in [2.75, 3.05) is 31.6 Å². The predicted octanol–water partition coefficient (Wildman–Crippen LogP) is 4.05. The Kier molecular flexibility index (Phi) is 9.63. The van der Waals surface area contributed by atoms with Gasteiger partial charge in [0, 0.05) is 39.4 Å². The van der Waals surface area contributed by atoms with E-state index in [0.717, 1.165) is 49.0 Å². The zero-order valence-corrected chi connectivity index (χ0v) is 19.6. The first-order chi connectivity index (χ1) is 13.7. The molecule has 7 heteroatoms. The molecule has 2 heterocycles. The maximum Gasteiger partial charge on any atom is 0.191 e. The molecule has 2 aromatic rings. The fourth-order valence-electron chi connectivity index (χ4n) is 3.53.